The predicted molar refractivity (Wildman–Crippen MR) is 114 cm³/mol. The van der Waals surface area contributed by atoms with Crippen LogP contribution in [0.4, 0.5) is 18.9 Å². The Labute approximate surface area is 193 Å². The van der Waals surface area contributed by atoms with Crippen molar-refractivity contribution in [3.63, 3.8) is 0 Å². The summed E-state index contributed by atoms with van der Waals surface area (Å²) in [4.78, 5) is 23.3. The van der Waals surface area contributed by atoms with Gasteiger partial charge in [-0.05, 0) is 49.2 Å². The molecule has 0 radical (unpaired) electrons. The number of carbonyl (C=O) groups is 2. The quantitative estimate of drug-likeness (QED) is 0.413. The number of ether oxygens (including phenoxy) is 1. The number of benzene rings is 2. The van der Waals surface area contributed by atoms with Crippen molar-refractivity contribution in [1.82, 2.24) is 9.79 Å². The Kier molecular flexibility index (Phi) is 7.48. The molecule has 0 unspecified atom stereocenters. The van der Waals surface area contributed by atoms with Gasteiger partial charge in [-0.15, -0.1) is 0 Å². The Hall–Kier alpha value is -3.16. The summed E-state index contributed by atoms with van der Waals surface area (Å²) in [5.74, 6) is -1.41. The topological polar surface area (TPSA) is 125 Å². The first-order valence-electron chi connectivity index (χ1n) is 10.1. The second-order valence-electron chi connectivity index (χ2n) is 7.54. The Morgan fingerprint density at radius 1 is 1.09 bits per heavy atom. The number of halogens is 3. The zero-order valence-corrected chi connectivity index (χ0v) is 18.7. The van der Waals surface area contributed by atoms with Gasteiger partial charge in [0.2, 0.25) is 15.9 Å². The van der Waals surface area contributed by atoms with E-state index in [1.54, 1.807) is 0 Å². The maximum atomic E-state index is 13.3. The van der Waals surface area contributed by atoms with Crippen molar-refractivity contribution < 1.29 is 41.1 Å². The summed E-state index contributed by atoms with van der Waals surface area (Å²) in [7, 11) is -4.19. The van der Waals surface area contributed by atoms with E-state index in [-0.39, 0.29) is 37.4 Å². The third-order valence-corrected chi connectivity index (χ3v) is 7.11. The Balaban J connectivity index is 1.75. The molecule has 1 aliphatic rings. The number of hydrogen-bond acceptors (Lipinski definition) is 6. The molecule has 1 fully saturated rings. The number of rotatable bonds is 6. The average Bonchev–Trinajstić information content (AvgIpc) is 2.78. The van der Waals surface area contributed by atoms with Crippen molar-refractivity contribution in [3.05, 3.63) is 53.6 Å². The third-order valence-electron chi connectivity index (χ3n) is 5.17. The molecule has 2 aromatic carbocycles. The average molecular weight is 501 g/mol. The van der Waals surface area contributed by atoms with Gasteiger partial charge in [-0.1, -0.05) is 6.07 Å². The van der Waals surface area contributed by atoms with E-state index in [9.17, 15) is 31.2 Å². The fourth-order valence-corrected chi connectivity index (χ4v) is 5.26. The molecule has 34 heavy (non-hydrogen) atoms. The van der Waals surface area contributed by atoms with Gasteiger partial charge in [0.15, 0.2) is 0 Å². The monoisotopic (exact) mass is 501 g/mol. The fraction of sp³-hybridized carbons (Fsp3) is 0.333. The zero-order valence-electron chi connectivity index (χ0n) is 17.9. The minimum atomic E-state index is -4.46. The van der Waals surface area contributed by atoms with E-state index in [1.165, 1.54) is 42.7 Å². The van der Waals surface area contributed by atoms with Crippen molar-refractivity contribution in [3.8, 4) is 5.75 Å². The highest BCUT2D eigenvalue weighted by molar-refractivity contribution is 7.89. The SMILES string of the molecule is CC(=O)Nc1cccc(S(=O)(=O)N2CCC(Oc3ccc(C(F)(F)F)cc3)CC2)c1C(=O)NO. The van der Waals surface area contributed by atoms with Crippen molar-refractivity contribution in [1.29, 1.82) is 0 Å². The van der Waals surface area contributed by atoms with Gasteiger partial charge < -0.3 is 10.1 Å². The minimum absolute atomic E-state index is 0.0260. The molecule has 0 saturated carbocycles. The van der Waals surface area contributed by atoms with E-state index in [0.717, 1.165) is 16.4 Å². The number of hydroxylamine groups is 1. The third kappa shape index (κ3) is 5.66. The van der Waals surface area contributed by atoms with Crippen molar-refractivity contribution >= 4 is 27.5 Å². The van der Waals surface area contributed by atoms with Gasteiger partial charge in [0.1, 0.15) is 11.9 Å². The molecular weight excluding hydrogens is 479 g/mol. The summed E-state index contributed by atoms with van der Waals surface area (Å²) >= 11 is 0. The maximum Gasteiger partial charge on any atom is 0.416 e. The fourth-order valence-electron chi connectivity index (χ4n) is 3.57. The zero-order chi connectivity index (χ0) is 25.1. The van der Waals surface area contributed by atoms with Crippen LogP contribution in [0.25, 0.3) is 0 Å². The second-order valence-corrected chi connectivity index (χ2v) is 9.45. The van der Waals surface area contributed by atoms with E-state index in [2.05, 4.69) is 5.32 Å². The molecule has 9 nitrogen and oxygen atoms in total. The highest BCUT2D eigenvalue weighted by Gasteiger charge is 2.34. The molecule has 0 aliphatic carbocycles. The van der Waals surface area contributed by atoms with Crippen molar-refractivity contribution in [2.75, 3.05) is 18.4 Å². The molecule has 184 valence electrons. The van der Waals surface area contributed by atoms with Gasteiger partial charge in [0.05, 0.1) is 21.7 Å². The standard InChI is InChI=1S/C21H22F3N3O6S/c1-13(28)25-17-3-2-4-18(19(17)20(29)26-30)34(31,32)27-11-9-16(10-12-27)33-15-7-5-14(6-8-15)21(22,23)24/h2-8,16,30H,9-12H2,1H3,(H,25,28)(H,26,29). The lowest BCUT2D eigenvalue weighted by Crippen LogP contribution is -2.42. The summed E-state index contributed by atoms with van der Waals surface area (Å²) in [6, 6.07) is 8.10. The molecule has 0 bridgehead atoms. The molecular formula is C21H22F3N3O6S. The molecule has 1 saturated heterocycles. The van der Waals surface area contributed by atoms with Gasteiger partial charge >= 0.3 is 6.18 Å². The number of amides is 2. The first kappa shape index (κ1) is 25.5. The number of nitrogens with one attached hydrogen (secondary N) is 2. The molecule has 3 N–H and O–H groups in total. The molecule has 1 heterocycles. The van der Waals surface area contributed by atoms with Crippen LogP contribution in [0.2, 0.25) is 0 Å². The first-order valence-corrected chi connectivity index (χ1v) is 11.6. The van der Waals surface area contributed by atoms with Crippen LogP contribution in [0.3, 0.4) is 0 Å². The summed E-state index contributed by atoms with van der Waals surface area (Å²) < 4.78 is 71.5. The maximum absolute atomic E-state index is 13.3. The van der Waals surface area contributed by atoms with Crippen LogP contribution in [-0.4, -0.2) is 48.9 Å². The van der Waals surface area contributed by atoms with E-state index < -0.39 is 50.1 Å². The number of hydrogen-bond donors (Lipinski definition) is 3. The van der Waals surface area contributed by atoms with E-state index in [0.29, 0.717) is 0 Å². The molecule has 1 aliphatic heterocycles. The largest absolute Gasteiger partial charge is 0.490 e. The molecule has 0 aromatic heterocycles. The van der Waals surface area contributed by atoms with Gasteiger partial charge in [-0.25, -0.2) is 13.9 Å². The van der Waals surface area contributed by atoms with Crippen LogP contribution >= 0.6 is 0 Å². The molecule has 2 aromatic rings. The van der Waals surface area contributed by atoms with Crippen LogP contribution in [0.15, 0.2) is 47.4 Å². The number of sulfonamides is 1. The van der Waals surface area contributed by atoms with E-state index in [1.807, 2.05) is 0 Å². The molecule has 3 rings (SSSR count). The van der Waals surface area contributed by atoms with Crippen molar-refractivity contribution in [2.45, 2.75) is 36.9 Å². The van der Waals surface area contributed by atoms with Crippen LogP contribution in [0, 0.1) is 0 Å². The Bertz CT molecular complexity index is 1160. The normalized spacial score (nSPS) is 15.6. The molecule has 13 heteroatoms. The first-order chi connectivity index (χ1) is 15.9. The molecule has 2 amide bonds. The molecule has 0 atom stereocenters. The summed E-state index contributed by atoms with van der Waals surface area (Å²) in [5.41, 5.74) is 0.0970. The van der Waals surface area contributed by atoms with Crippen molar-refractivity contribution in [2.24, 2.45) is 0 Å². The number of carbonyl (C=O) groups excluding carboxylic acids is 2. The highest BCUT2D eigenvalue weighted by Crippen LogP contribution is 2.32. The summed E-state index contributed by atoms with van der Waals surface area (Å²) in [6.07, 6.45) is -4.36. The number of nitrogens with zero attached hydrogens (tertiary/aromatic N) is 1. The van der Waals surface area contributed by atoms with Crippen LogP contribution in [0.5, 0.6) is 5.75 Å². The van der Waals surface area contributed by atoms with Crippen LogP contribution in [0.1, 0.15) is 35.7 Å². The van der Waals surface area contributed by atoms with Crippen LogP contribution < -0.4 is 15.5 Å². The Morgan fingerprint density at radius 2 is 1.71 bits per heavy atom. The highest BCUT2D eigenvalue weighted by atomic mass is 32.2. The van der Waals surface area contributed by atoms with E-state index >= 15 is 0 Å². The lowest BCUT2D eigenvalue weighted by atomic mass is 10.1. The Morgan fingerprint density at radius 3 is 2.24 bits per heavy atom. The predicted octanol–water partition coefficient (Wildman–Crippen LogP) is 3.01. The smallest absolute Gasteiger partial charge is 0.416 e. The van der Waals surface area contributed by atoms with Crippen LogP contribution in [-0.2, 0) is 21.0 Å². The molecule has 0 spiro atoms. The summed E-state index contributed by atoms with van der Waals surface area (Å²) in [6.45, 7) is 1.24. The second kappa shape index (κ2) is 9.99. The number of piperidine rings is 1. The number of anilines is 1. The lowest BCUT2D eigenvalue weighted by molar-refractivity contribution is -0.137. The summed E-state index contributed by atoms with van der Waals surface area (Å²) in [5, 5.41) is 11.5. The van der Waals surface area contributed by atoms with Gasteiger partial charge in [0, 0.05) is 20.0 Å². The van der Waals surface area contributed by atoms with Gasteiger partial charge in [0.25, 0.3) is 5.91 Å². The van der Waals surface area contributed by atoms with Gasteiger partial charge in [-0.3, -0.25) is 14.8 Å². The van der Waals surface area contributed by atoms with Gasteiger partial charge in [-0.2, -0.15) is 17.5 Å². The van der Waals surface area contributed by atoms with E-state index in [4.69, 9.17) is 9.94 Å². The number of alkyl halides is 3. The lowest BCUT2D eigenvalue weighted by Gasteiger charge is -2.32. The minimum Gasteiger partial charge on any atom is -0.490 e.